The number of nitrogens with zero attached hydrogens (tertiary/aromatic N) is 8. The summed E-state index contributed by atoms with van der Waals surface area (Å²) in [6.45, 7) is 10.4. The van der Waals surface area contributed by atoms with Crippen molar-refractivity contribution in [3.8, 4) is 79.7 Å². The van der Waals surface area contributed by atoms with Gasteiger partial charge in [-0.15, -0.1) is 0 Å². The number of hydrogen-bond acceptors (Lipinski definition) is 16. The molecule has 9 heterocycles. The van der Waals surface area contributed by atoms with E-state index in [1.165, 1.54) is 18.2 Å². The molecule has 6 aromatic carbocycles. The Morgan fingerprint density at radius 3 is 1.14 bits per heavy atom. The summed E-state index contributed by atoms with van der Waals surface area (Å²) in [5, 5.41) is 23.9. The Balaban J connectivity index is 0.000000159. The fourth-order valence-electron chi connectivity index (χ4n) is 13.1. The van der Waals surface area contributed by atoms with Gasteiger partial charge in [0.2, 0.25) is 0 Å². The Labute approximate surface area is 676 Å². The van der Waals surface area contributed by atoms with E-state index in [2.05, 4.69) is 122 Å². The van der Waals surface area contributed by atoms with Crippen LogP contribution in [0.1, 0.15) is 65.1 Å². The van der Waals surface area contributed by atoms with Crippen LogP contribution in [0.25, 0.3) is 66.1 Å². The largest absolute Gasteiger partial charge is 0.451 e. The molecule has 3 aliphatic rings. The van der Waals surface area contributed by atoms with Gasteiger partial charge in [0.15, 0.2) is 69.6 Å². The summed E-state index contributed by atoms with van der Waals surface area (Å²) in [5.74, 6) is -0.0847. The molecule has 574 valence electrons. The molecule has 6 aromatic heterocycles. The van der Waals surface area contributed by atoms with E-state index in [-0.39, 0.29) is 64.3 Å². The number of anilines is 3. The number of halogens is 11. The van der Waals surface area contributed by atoms with Crippen LogP contribution in [-0.2, 0) is 9.53 Å². The number of nitrogens with one attached hydrogen (secondary N) is 4. The third-order valence-corrected chi connectivity index (χ3v) is 18.0. The summed E-state index contributed by atoms with van der Waals surface area (Å²) < 4.78 is 111. The number of amides is 2. The number of para-hydroxylation sites is 3. The number of aromatic amines is 3. The molecule has 35 heteroatoms. The minimum atomic E-state index is -0.813. The van der Waals surface area contributed by atoms with Crippen molar-refractivity contribution in [2.75, 3.05) is 56.5 Å². The van der Waals surface area contributed by atoms with Crippen LogP contribution in [0, 0.1) is 46.7 Å². The van der Waals surface area contributed by atoms with Gasteiger partial charge in [0.05, 0.1) is 28.2 Å². The average Bonchev–Trinajstić information content (AvgIpc) is 1.61. The quantitative estimate of drug-likeness (QED) is 0.0339. The summed E-state index contributed by atoms with van der Waals surface area (Å²) in [6, 6.07) is 30.1. The number of nitrogen functional groups attached to an aromatic ring is 3. The molecule has 3 saturated heterocycles. The fraction of sp³-hybridized carbons (Fsp3) is 0.227. The molecule has 3 atom stereocenters. The van der Waals surface area contributed by atoms with E-state index in [4.69, 9.17) is 36.1 Å². The summed E-state index contributed by atoms with van der Waals surface area (Å²) in [7, 11) is 0. The molecular formula is C75H67F6I5N15O9-. The van der Waals surface area contributed by atoms with E-state index >= 15 is 0 Å². The number of benzene rings is 6. The topological polar surface area (TPSA) is 320 Å². The molecule has 24 nitrogen and oxygen atoms in total. The van der Waals surface area contributed by atoms with Crippen molar-refractivity contribution in [3.05, 3.63) is 212 Å². The molecule has 0 bridgehead atoms. The van der Waals surface area contributed by atoms with Crippen LogP contribution in [-0.4, -0.2) is 111 Å². The van der Waals surface area contributed by atoms with Gasteiger partial charge in [-0.25, -0.2) is 46.4 Å². The zero-order chi connectivity index (χ0) is 78.8. The van der Waals surface area contributed by atoms with E-state index in [0.29, 0.717) is 107 Å². The zero-order valence-corrected chi connectivity index (χ0v) is 69.4. The van der Waals surface area contributed by atoms with Crippen LogP contribution in [0.4, 0.5) is 48.6 Å². The Hall–Kier alpha value is -9.13. The van der Waals surface area contributed by atoms with E-state index in [1.807, 2.05) is 53.1 Å². The maximum atomic E-state index is 14.0. The first-order valence-corrected chi connectivity index (χ1v) is 52.4. The second kappa shape index (κ2) is 36.4. The van der Waals surface area contributed by atoms with E-state index < -0.39 is 75.0 Å². The molecule has 0 aliphatic carbocycles. The van der Waals surface area contributed by atoms with Crippen LogP contribution in [0.3, 0.4) is 0 Å². The smallest absolute Gasteiger partial charge is 0.288 e. The van der Waals surface area contributed by atoms with Crippen molar-refractivity contribution in [2.24, 2.45) is 0 Å². The Bertz CT molecular complexity index is 5570. The van der Waals surface area contributed by atoms with Crippen molar-refractivity contribution in [2.45, 2.75) is 70.7 Å². The summed E-state index contributed by atoms with van der Waals surface area (Å²) in [4.78, 5) is 66.3. The normalized spacial score (nSPS) is 15.2. The number of carbonyl (C=O) groups is 2. The van der Waals surface area contributed by atoms with Gasteiger partial charge >= 0.3 is 56.6 Å². The predicted molar refractivity (Wildman–Crippen MR) is 438 cm³/mol. The summed E-state index contributed by atoms with van der Waals surface area (Å²) in [6.07, 6.45) is 7.28. The third kappa shape index (κ3) is 18.4. The van der Waals surface area contributed by atoms with Crippen LogP contribution >= 0.6 is 74.5 Å². The SMILES string of the molecule is CC#CC(=O)N1CC[C@@H](n2cc(-c3ccc(Oc4c(F)cccc4F)cc3)c3c(N)n[nH]c(=O)c32)C1.CC(C)(C)OC(=O)N1CC[C@@H](n2cc(-c3ccc(Oc4c(F)cccc4F)cc3)c3c(N)n[nH]c(=O)c32)C1.II.I[I-]I.Nc1n[nH]c(=O)c2c1c(-c1ccc(Oc3c(F)cccc3F)cc1)cn2[C@@H]1CCNC1. The number of likely N-dealkylation sites (tertiary alicyclic amines) is 2. The van der Waals surface area contributed by atoms with Crippen molar-refractivity contribution in [1.29, 1.82) is 0 Å². The maximum Gasteiger partial charge on any atom is 0.288 e. The molecule has 0 radical (unpaired) electrons. The van der Waals surface area contributed by atoms with Gasteiger partial charge in [0, 0.05) is 111 Å². The van der Waals surface area contributed by atoms with Crippen LogP contribution in [0.5, 0.6) is 34.5 Å². The Morgan fingerprint density at radius 1 is 0.509 bits per heavy atom. The molecule has 0 unspecified atom stereocenters. The third-order valence-electron chi connectivity index (χ3n) is 18.0. The summed E-state index contributed by atoms with van der Waals surface area (Å²) in [5.41, 5.74) is 22.1. The van der Waals surface area contributed by atoms with Gasteiger partial charge in [-0.05, 0) is 149 Å². The molecule has 10 N–H and O–H groups in total. The molecule has 2 amide bonds. The van der Waals surface area contributed by atoms with Crippen molar-refractivity contribution < 1.29 is 68.1 Å². The van der Waals surface area contributed by atoms with Gasteiger partial charge in [-0.2, -0.15) is 15.3 Å². The number of rotatable bonds is 12. The zero-order valence-electron chi connectivity index (χ0n) is 58.6. The van der Waals surface area contributed by atoms with Gasteiger partial charge < -0.3 is 65.0 Å². The second-order valence-electron chi connectivity index (χ2n) is 26.0. The number of hydrogen-bond donors (Lipinski definition) is 7. The van der Waals surface area contributed by atoms with E-state index in [0.717, 1.165) is 67.0 Å². The first-order chi connectivity index (χ1) is 52.8. The van der Waals surface area contributed by atoms with Crippen molar-refractivity contribution in [1.82, 2.24) is 59.4 Å². The fourth-order valence-corrected chi connectivity index (χ4v) is 13.1. The number of ether oxygens (including phenoxy) is 4. The number of aromatic nitrogens is 9. The van der Waals surface area contributed by atoms with Gasteiger partial charge in [-0.1, -0.05) is 60.5 Å². The first-order valence-electron chi connectivity index (χ1n) is 33.6. The molecule has 15 rings (SSSR count). The summed E-state index contributed by atoms with van der Waals surface area (Å²) >= 11 is 9.54. The van der Waals surface area contributed by atoms with Gasteiger partial charge in [-0.3, -0.25) is 19.2 Å². The predicted octanol–water partition coefficient (Wildman–Crippen LogP) is 13.2. The van der Waals surface area contributed by atoms with E-state index in [1.54, 1.807) is 89.5 Å². The number of H-pyrrole nitrogens is 3. The molecule has 3 aliphatic heterocycles. The van der Waals surface area contributed by atoms with Crippen molar-refractivity contribution >= 4 is 137 Å². The number of carbonyl (C=O) groups excluding carboxylic acids is 2. The molecule has 12 aromatic rings. The number of fused-ring (bicyclic) bond motifs is 3. The minimum absolute atomic E-state index is 0.130. The average molecular weight is 2070 g/mol. The Kier molecular flexibility index (Phi) is 27.1. The Morgan fingerprint density at radius 2 is 0.827 bits per heavy atom. The molecule has 3 fully saturated rings. The molecule has 0 saturated carbocycles. The van der Waals surface area contributed by atoms with Crippen molar-refractivity contribution in [3.63, 3.8) is 0 Å². The van der Waals surface area contributed by atoms with Gasteiger partial charge in [0.25, 0.3) is 22.6 Å². The van der Waals surface area contributed by atoms with Gasteiger partial charge in [0.1, 0.15) is 39.4 Å². The second-order valence-corrected chi connectivity index (χ2v) is 42.3. The number of nitrogens with two attached hydrogens (primary N) is 3. The molecule has 110 heavy (non-hydrogen) atoms. The molecule has 0 spiro atoms. The molecular weight excluding hydrogens is 2000 g/mol. The van der Waals surface area contributed by atoms with E-state index in [9.17, 15) is 50.3 Å². The monoisotopic (exact) mass is 2070 g/mol. The minimum Gasteiger partial charge on any atom is -0.451 e. The standard InChI is InChI=1S/C27H27F2N5O4.C26H21F2N5O3.C22H19F2N5O2.I3.I2/c1-27(2,3)38-26(36)33-12-11-16(13-33)34-14-18(21-22(34)25(35)32-31-24(21)30)15-7-9-17(10-8-15)37-23-19(28)5-4-6-20(23)29;1-2-4-21(34)32-12-11-16(13-32)33-14-18(22-23(33)26(35)31-30-25(22)29)15-7-9-17(10-8-15)36-24-19(27)5-3-6-20(24)28;23-16-2-1-3-17(24)20(16)31-14-6-4-12(5-7-14)15-11-29(13-8-9-26-10-13)19-18(15)21(25)27-28-22(19)30;1-3-2;1-2/h4-10,14,16H,11-13H2,1-3H3,(H2,30,31)(H,32,35);3,5-10,14,16H,11-13H2,1H3,(H2,29,30)(H,31,35);1-7,11,13,26H,8-10H2,(H2,25,27)(H,28,30);;/q;;;-1;/t2*16-;13-;;/m111../s1. The van der Waals surface area contributed by atoms with Crippen LogP contribution in [0.2, 0.25) is 0 Å². The van der Waals surface area contributed by atoms with Crippen LogP contribution in [0.15, 0.2) is 160 Å². The maximum absolute atomic E-state index is 14.0. The first kappa shape index (κ1) is 81.8. The van der Waals surface area contributed by atoms with Crippen LogP contribution < -0.4 is 66.7 Å².